The highest BCUT2D eigenvalue weighted by Crippen LogP contribution is 2.22. The molecule has 0 heterocycles. The fourth-order valence-corrected chi connectivity index (χ4v) is 3.57. The molecule has 0 bridgehead atoms. The van der Waals surface area contributed by atoms with Gasteiger partial charge in [0.25, 0.3) is 0 Å². The van der Waals surface area contributed by atoms with Crippen molar-refractivity contribution in [1.29, 1.82) is 0 Å². The van der Waals surface area contributed by atoms with Gasteiger partial charge >= 0.3 is 0 Å². The van der Waals surface area contributed by atoms with Gasteiger partial charge in [-0.1, -0.05) is 48.5 Å². The molecule has 6 nitrogen and oxygen atoms in total. The summed E-state index contributed by atoms with van der Waals surface area (Å²) in [6, 6.07) is 14.9. The number of ketones is 2. The van der Waals surface area contributed by atoms with Crippen LogP contribution in [0.4, 0.5) is 0 Å². The van der Waals surface area contributed by atoms with Crippen LogP contribution in [-0.2, 0) is 35.3 Å². The molecule has 2 aromatic carbocycles. The Morgan fingerprint density at radius 1 is 0.677 bits per heavy atom. The molecule has 0 amide bonds. The van der Waals surface area contributed by atoms with Gasteiger partial charge in [-0.2, -0.15) is 0 Å². The number of aliphatic hydroxyl groups is 2. The first-order chi connectivity index (χ1) is 14.6. The summed E-state index contributed by atoms with van der Waals surface area (Å²) in [5.74, 6) is -1.99. The van der Waals surface area contributed by atoms with Crippen LogP contribution < -0.4 is 11.5 Å². The van der Waals surface area contributed by atoms with E-state index in [0.717, 1.165) is 41.5 Å². The maximum absolute atomic E-state index is 12.8. The fourth-order valence-electron chi connectivity index (χ4n) is 3.57. The average molecular weight is 427 g/mol. The number of Topliss-reactive ketones (excluding diaryl/α,β-unsaturated/α-hetero) is 2. The Bertz CT molecular complexity index is 871. The van der Waals surface area contributed by atoms with E-state index in [4.69, 9.17) is 11.5 Å². The molecule has 2 aromatic rings. The predicted molar refractivity (Wildman–Crippen MR) is 122 cm³/mol. The number of nitrogens with two attached hydrogens (primary N) is 2. The second-order valence-electron chi connectivity index (χ2n) is 8.62. The molecule has 0 radical (unpaired) electrons. The molecule has 0 aliphatic carbocycles. The van der Waals surface area contributed by atoms with Gasteiger partial charge in [-0.25, -0.2) is 0 Å². The normalized spacial score (nSPS) is 15.2. The molecule has 0 aliphatic rings. The first-order valence-electron chi connectivity index (χ1n) is 10.7. The smallest absolute Gasteiger partial charge is 0.232 e. The molecular weight excluding hydrogens is 392 g/mol. The van der Waals surface area contributed by atoms with E-state index in [1.807, 2.05) is 48.5 Å². The molecule has 31 heavy (non-hydrogen) atoms. The lowest BCUT2D eigenvalue weighted by atomic mass is 9.82. The molecule has 6 heteroatoms. The molecule has 2 rings (SSSR count). The summed E-state index contributed by atoms with van der Waals surface area (Å²) in [6.45, 7) is 3.77. The van der Waals surface area contributed by atoms with E-state index in [1.54, 1.807) is 0 Å². The lowest BCUT2D eigenvalue weighted by Gasteiger charge is -2.27. The van der Waals surface area contributed by atoms with Crippen molar-refractivity contribution in [2.75, 3.05) is 13.1 Å². The second-order valence-corrected chi connectivity index (χ2v) is 8.62. The van der Waals surface area contributed by atoms with Crippen LogP contribution in [0.15, 0.2) is 48.5 Å². The summed E-state index contributed by atoms with van der Waals surface area (Å²) >= 11 is 0. The van der Waals surface area contributed by atoms with Crippen LogP contribution in [0, 0.1) is 0 Å². The Kier molecular flexibility index (Phi) is 8.65. The third-order valence-corrected chi connectivity index (χ3v) is 5.43. The summed E-state index contributed by atoms with van der Waals surface area (Å²) in [7, 11) is 0. The first-order valence-corrected chi connectivity index (χ1v) is 10.7. The van der Waals surface area contributed by atoms with E-state index >= 15 is 0 Å². The van der Waals surface area contributed by atoms with Crippen LogP contribution in [-0.4, -0.2) is 46.1 Å². The predicted octanol–water partition coefficient (Wildman–Crippen LogP) is 1.50. The maximum atomic E-state index is 12.8. The van der Waals surface area contributed by atoms with Crippen LogP contribution in [0.25, 0.3) is 0 Å². The van der Waals surface area contributed by atoms with Crippen LogP contribution in [0.3, 0.4) is 0 Å². The van der Waals surface area contributed by atoms with Crippen molar-refractivity contribution in [1.82, 2.24) is 0 Å². The average Bonchev–Trinajstić information content (AvgIpc) is 2.73. The van der Waals surface area contributed by atoms with E-state index in [1.165, 1.54) is 13.8 Å². The van der Waals surface area contributed by atoms with E-state index < -0.39 is 22.8 Å². The highest BCUT2D eigenvalue weighted by atomic mass is 16.3. The third kappa shape index (κ3) is 7.08. The highest BCUT2D eigenvalue weighted by molar-refractivity contribution is 6.42. The Balaban J connectivity index is 2.05. The lowest BCUT2D eigenvalue weighted by molar-refractivity contribution is -0.156. The minimum atomic E-state index is -1.91. The van der Waals surface area contributed by atoms with Crippen molar-refractivity contribution in [3.63, 3.8) is 0 Å². The Morgan fingerprint density at radius 2 is 1.03 bits per heavy atom. The molecule has 0 fully saturated rings. The number of aryl methyl sites for hydroxylation is 1. The topological polar surface area (TPSA) is 127 Å². The van der Waals surface area contributed by atoms with Crippen molar-refractivity contribution in [2.24, 2.45) is 11.5 Å². The zero-order chi connectivity index (χ0) is 23.1. The van der Waals surface area contributed by atoms with E-state index in [9.17, 15) is 19.8 Å². The quantitative estimate of drug-likeness (QED) is 0.381. The number of carbonyl (C=O) groups is 2. The second kappa shape index (κ2) is 10.8. The van der Waals surface area contributed by atoms with Crippen molar-refractivity contribution < 1.29 is 19.8 Å². The number of benzene rings is 2. The standard InChI is InChI=1S/C25H34N2O4/c1-24(30,16-20-9-5-18(6-10-20)4-3-14-26)22(28)23(29)25(2,31)17-21-11-7-19(8-12-21)13-15-27/h5-12,30-31H,3-4,13-17,26-27H2,1-2H3. The molecule has 168 valence electrons. The van der Waals surface area contributed by atoms with E-state index in [2.05, 4.69) is 0 Å². The molecule has 0 aliphatic heterocycles. The number of carbonyl (C=O) groups excluding carboxylic acids is 2. The largest absolute Gasteiger partial charge is 0.382 e. The van der Waals surface area contributed by atoms with Crippen molar-refractivity contribution >= 4 is 11.6 Å². The van der Waals surface area contributed by atoms with Crippen LogP contribution in [0.2, 0.25) is 0 Å². The van der Waals surface area contributed by atoms with Crippen molar-refractivity contribution in [3.8, 4) is 0 Å². The minimum Gasteiger partial charge on any atom is -0.382 e. The van der Waals surface area contributed by atoms with Gasteiger partial charge in [0, 0.05) is 12.8 Å². The molecule has 0 spiro atoms. The molecule has 0 saturated heterocycles. The van der Waals surface area contributed by atoms with Gasteiger partial charge in [0.1, 0.15) is 11.2 Å². The fraction of sp³-hybridized carbons (Fsp3) is 0.440. The van der Waals surface area contributed by atoms with Crippen LogP contribution in [0.5, 0.6) is 0 Å². The molecule has 0 saturated carbocycles. The summed E-state index contributed by atoms with van der Waals surface area (Å²) < 4.78 is 0. The summed E-state index contributed by atoms with van der Waals surface area (Å²) in [5, 5.41) is 21.4. The molecule has 0 aromatic heterocycles. The monoisotopic (exact) mass is 426 g/mol. The SMILES string of the molecule is CC(O)(Cc1ccc(CCN)cc1)C(=O)C(=O)C(C)(O)Cc1ccc(CCCN)cc1. The third-order valence-electron chi connectivity index (χ3n) is 5.43. The highest BCUT2D eigenvalue weighted by Gasteiger charge is 2.43. The Labute approximate surface area is 184 Å². The summed E-state index contributed by atoms with van der Waals surface area (Å²) in [4.78, 5) is 25.5. The zero-order valence-electron chi connectivity index (χ0n) is 18.4. The molecule has 2 atom stereocenters. The van der Waals surface area contributed by atoms with E-state index in [-0.39, 0.29) is 12.8 Å². The van der Waals surface area contributed by atoms with Gasteiger partial charge in [0.05, 0.1) is 0 Å². The van der Waals surface area contributed by atoms with Gasteiger partial charge in [0.15, 0.2) is 0 Å². The lowest BCUT2D eigenvalue weighted by Crippen LogP contribution is -2.51. The van der Waals surface area contributed by atoms with Gasteiger partial charge in [-0.3, -0.25) is 9.59 Å². The first kappa shape index (κ1) is 24.9. The van der Waals surface area contributed by atoms with Gasteiger partial charge in [-0.05, 0) is 68.5 Å². The maximum Gasteiger partial charge on any atom is 0.232 e. The number of hydrogen-bond donors (Lipinski definition) is 4. The molecule has 6 N–H and O–H groups in total. The van der Waals surface area contributed by atoms with E-state index in [0.29, 0.717) is 13.1 Å². The molecule has 2 unspecified atom stereocenters. The van der Waals surface area contributed by atoms with Gasteiger partial charge in [0.2, 0.25) is 11.6 Å². The van der Waals surface area contributed by atoms with Crippen molar-refractivity contribution in [3.05, 3.63) is 70.8 Å². The molecular formula is C25H34N2O4. The number of rotatable bonds is 12. The van der Waals surface area contributed by atoms with Crippen LogP contribution in [0.1, 0.15) is 42.5 Å². The number of hydrogen-bond acceptors (Lipinski definition) is 6. The Hall–Kier alpha value is -2.38. The summed E-state index contributed by atoms with van der Waals surface area (Å²) in [6.07, 6.45) is 2.45. The summed E-state index contributed by atoms with van der Waals surface area (Å²) in [5.41, 5.74) is 10.9. The van der Waals surface area contributed by atoms with Crippen LogP contribution >= 0.6 is 0 Å². The Morgan fingerprint density at radius 3 is 1.39 bits per heavy atom. The van der Waals surface area contributed by atoms with Crippen molar-refractivity contribution in [2.45, 2.75) is 57.2 Å². The van der Waals surface area contributed by atoms with Gasteiger partial charge in [-0.15, -0.1) is 0 Å². The minimum absolute atomic E-state index is 0.0153. The zero-order valence-corrected chi connectivity index (χ0v) is 18.4. The van der Waals surface area contributed by atoms with Gasteiger partial charge < -0.3 is 21.7 Å².